The van der Waals surface area contributed by atoms with Crippen molar-refractivity contribution in [2.45, 2.75) is 31.2 Å². The standard InChI is InChI=1S/C17H27N3/c1-19-10-5-11-20(13-12-19)17(14-18)9-4-7-15-6-2-3-8-16(15)17/h2-3,6,8H,4-5,7,9-14,18H2,1H3. The van der Waals surface area contributed by atoms with Crippen LogP contribution in [0.4, 0.5) is 0 Å². The van der Waals surface area contributed by atoms with Crippen molar-refractivity contribution < 1.29 is 0 Å². The first-order chi connectivity index (χ1) is 9.76. The van der Waals surface area contributed by atoms with Crippen LogP contribution >= 0.6 is 0 Å². The monoisotopic (exact) mass is 273 g/mol. The molecule has 1 aliphatic carbocycles. The average Bonchev–Trinajstić information content (AvgIpc) is 2.71. The summed E-state index contributed by atoms with van der Waals surface area (Å²) < 4.78 is 0. The van der Waals surface area contributed by atoms with Gasteiger partial charge in [-0.05, 0) is 50.4 Å². The first kappa shape index (κ1) is 14.1. The van der Waals surface area contributed by atoms with Crippen LogP contribution in [0.5, 0.6) is 0 Å². The van der Waals surface area contributed by atoms with E-state index in [0.29, 0.717) is 0 Å². The van der Waals surface area contributed by atoms with Gasteiger partial charge < -0.3 is 10.6 Å². The van der Waals surface area contributed by atoms with Gasteiger partial charge in [-0.15, -0.1) is 0 Å². The maximum absolute atomic E-state index is 6.31. The van der Waals surface area contributed by atoms with Crippen molar-refractivity contribution in [3.05, 3.63) is 35.4 Å². The molecule has 0 spiro atoms. The molecule has 1 aromatic carbocycles. The first-order valence-electron chi connectivity index (χ1n) is 7.98. The Balaban J connectivity index is 1.95. The van der Waals surface area contributed by atoms with E-state index < -0.39 is 0 Å². The Morgan fingerprint density at radius 2 is 1.95 bits per heavy atom. The van der Waals surface area contributed by atoms with Crippen LogP contribution in [-0.2, 0) is 12.0 Å². The van der Waals surface area contributed by atoms with Gasteiger partial charge in [-0.3, -0.25) is 4.90 Å². The summed E-state index contributed by atoms with van der Waals surface area (Å²) in [4.78, 5) is 5.12. The molecule has 1 fully saturated rings. The molecule has 1 saturated heterocycles. The molecular formula is C17H27N3. The Morgan fingerprint density at radius 3 is 2.80 bits per heavy atom. The fraction of sp³-hybridized carbons (Fsp3) is 0.647. The molecule has 3 nitrogen and oxygen atoms in total. The van der Waals surface area contributed by atoms with E-state index in [1.807, 2.05) is 0 Å². The lowest BCUT2D eigenvalue weighted by Gasteiger charge is -2.47. The second-order valence-corrected chi connectivity index (χ2v) is 6.39. The molecule has 0 aromatic heterocycles. The number of rotatable bonds is 2. The average molecular weight is 273 g/mol. The second-order valence-electron chi connectivity index (χ2n) is 6.39. The van der Waals surface area contributed by atoms with E-state index in [0.717, 1.165) is 19.6 Å². The second kappa shape index (κ2) is 5.84. The first-order valence-corrected chi connectivity index (χ1v) is 7.98. The van der Waals surface area contributed by atoms with Crippen LogP contribution in [0.1, 0.15) is 30.4 Å². The summed E-state index contributed by atoms with van der Waals surface area (Å²) in [5.41, 5.74) is 9.41. The number of nitrogens with zero attached hydrogens (tertiary/aromatic N) is 2. The van der Waals surface area contributed by atoms with E-state index in [2.05, 4.69) is 41.1 Å². The summed E-state index contributed by atoms with van der Waals surface area (Å²) in [6, 6.07) is 8.96. The molecule has 1 atom stereocenters. The predicted octanol–water partition coefficient (Wildman–Crippen LogP) is 1.81. The number of hydrogen-bond acceptors (Lipinski definition) is 3. The van der Waals surface area contributed by atoms with Gasteiger partial charge in [0.2, 0.25) is 0 Å². The van der Waals surface area contributed by atoms with Crippen LogP contribution in [0, 0.1) is 0 Å². The zero-order chi connectivity index (χ0) is 14.0. The molecule has 1 heterocycles. The Kier molecular flexibility index (Phi) is 4.11. The Hall–Kier alpha value is -0.900. The summed E-state index contributed by atoms with van der Waals surface area (Å²) in [5, 5.41) is 0. The quantitative estimate of drug-likeness (QED) is 0.892. The lowest BCUT2D eigenvalue weighted by Crippen LogP contribution is -2.54. The van der Waals surface area contributed by atoms with Crippen LogP contribution in [0.2, 0.25) is 0 Å². The minimum absolute atomic E-state index is 0.0834. The van der Waals surface area contributed by atoms with E-state index in [9.17, 15) is 0 Å². The van der Waals surface area contributed by atoms with E-state index >= 15 is 0 Å². The van der Waals surface area contributed by atoms with Crippen LogP contribution in [-0.4, -0.2) is 49.6 Å². The molecule has 1 aliphatic heterocycles. The summed E-state index contributed by atoms with van der Waals surface area (Å²) in [7, 11) is 2.23. The third-order valence-corrected chi connectivity index (χ3v) is 5.22. The van der Waals surface area contributed by atoms with Gasteiger partial charge in [0.25, 0.3) is 0 Å². The molecule has 20 heavy (non-hydrogen) atoms. The van der Waals surface area contributed by atoms with Crippen molar-refractivity contribution in [3.8, 4) is 0 Å². The topological polar surface area (TPSA) is 32.5 Å². The molecule has 3 heteroatoms. The molecule has 0 bridgehead atoms. The lowest BCUT2D eigenvalue weighted by molar-refractivity contribution is 0.0785. The highest BCUT2D eigenvalue weighted by Gasteiger charge is 2.40. The van der Waals surface area contributed by atoms with Crippen molar-refractivity contribution in [1.82, 2.24) is 9.80 Å². The van der Waals surface area contributed by atoms with Crippen LogP contribution in [0.15, 0.2) is 24.3 Å². The molecule has 0 amide bonds. The van der Waals surface area contributed by atoms with Crippen molar-refractivity contribution in [3.63, 3.8) is 0 Å². The highest BCUT2D eigenvalue weighted by Crippen LogP contribution is 2.39. The van der Waals surface area contributed by atoms with Gasteiger partial charge in [-0.2, -0.15) is 0 Å². The van der Waals surface area contributed by atoms with Crippen LogP contribution < -0.4 is 5.73 Å². The van der Waals surface area contributed by atoms with E-state index in [1.54, 1.807) is 0 Å². The maximum Gasteiger partial charge on any atom is 0.0586 e. The number of nitrogens with two attached hydrogens (primary N) is 1. The third-order valence-electron chi connectivity index (χ3n) is 5.22. The highest BCUT2D eigenvalue weighted by molar-refractivity contribution is 5.37. The van der Waals surface area contributed by atoms with Crippen LogP contribution in [0.3, 0.4) is 0 Å². The van der Waals surface area contributed by atoms with Gasteiger partial charge in [0.1, 0.15) is 0 Å². The lowest BCUT2D eigenvalue weighted by atomic mass is 9.75. The van der Waals surface area contributed by atoms with Crippen molar-refractivity contribution in [2.24, 2.45) is 5.73 Å². The van der Waals surface area contributed by atoms with Gasteiger partial charge in [0.15, 0.2) is 0 Å². The van der Waals surface area contributed by atoms with Gasteiger partial charge in [0.05, 0.1) is 5.54 Å². The largest absolute Gasteiger partial charge is 0.328 e. The molecule has 0 radical (unpaired) electrons. The molecular weight excluding hydrogens is 246 g/mol. The van der Waals surface area contributed by atoms with E-state index in [4.69, 9.17) is 5.73 Å². The molecule has 110 valence electrons. The predicted molar refractivity (Wildman–Crippen MR) is 83.8 cm³/mol. The number of fused-ring (bicyclic) bond motifs is 1. The smallest absolute Gasteiger partial charge is 0.0586 e. The van der Waals surface area contributed by atoms with Gasteiger partial charge in [-0.1, -0.05) is 24.3 Å². The number of aryl methyl sites for hydroxylation is 1. The third kappa shape index (κ3) is 2.39. The number of hydrogen-bond donors (Lipinski definition) is 1. The van der Waals surface area contributed by atoms with E-state index in [-0.39, 0.29) is 5.54 Å². The molecule has 2 aliphatic rings. The van der Waals surface area contributed by atoms with E-state index in [1.165, 1.54) is 49.9 Å². The minimum Gasteiger partial charge on any atom is -0.328 e. The van der Waals surface area contributed by atoms with Gasteiger partial charge in [-0.25, -0.2) is 0 Å². The molecule has 0 saturated carbocycles. The van der Waals surface area contributed by atoms with Crippen molar-refractivity contribution in [1.29, 1.82) is 0 Å². The summed E-state index contributed by atoms with van der Waals surface area (Å²) in [5.74, 6) is 0. The molecule has 1 aromatic rings. The Labute approximate surface area is 122 Å². The normalized spacial score (nSPS) is 28.9. The Morgan fingerprint density at radius 1 is 1.10 bits per heavy atom. The SMILES string of the molecule is CN1CCCN(C2(CN)CCCc3ccccc32)CC1. The maximum atomic E-state index is 6.31. The zero-order valence-corrected chi connectivity index (χ0v) is 12.6. The zero-order valence-electron chi connectivity index (χ0n) is 12.6. The minimum atomic E-state index is 0.0834. The molecule has 1 unspecified atom stereocenters. The van der Waals surface area contributed by atoms with Gasteiger partial charge >= 0.3 is 0 Å². The van der Waals surface area contributed by atoms with Crippen molar-refractivity contribution >= 4 is 0 Å². The fourth-order valence-electron chi connectivity index (χ4n) is 4.04. The fourth-order valence-corrected chi connectivity index (χ4v) is 4.04. The number of benzene rings is 1. The van der Waals surface area contributed by atoms with Crippen LogP contribution in [0.25, 0.3) is 0 Å². The highest BCUT2D eigenvalue weighted by atomic mass is 15.3. The summed E-state index contributed by atoms with van der Waals surface area (Å²) in [6.45, 7) is 5.42. The van der Waals surface area contributed by atoms with Gasteiger partial charge in [0, 0.05) is 26.2 Å². The molecule has 2 N–H and O–H groups in total. The molecule has 3 rings (SSSR count). The van der Waals surface area contributed by atoms with Crippen molar-refractivity contribution in [2.75, 3.05) is 39.8 Å². The number of likely N-dealkylation sites (N-methyl/N-ethyl adjacent to an activating group) is 1. The Bertz CT molecular complexity index is 459. The summed E-state index contributed by atoms with van der Waals surface area (Å²) in [6.07, 6.45) is 4.94. The summed E-state index contributed by atoms with van der Waals surface area (Å²) >= 11 is 0.